The van der Waals surface area contributed by atoms with Gasteiger partial charge in [0, 0.05) is 19.1 Å². The summed E-state index contributed by atoms with van der Waals surface area (Å²) in [6.07, 6.45) is 0. The first-order valence-corrected chi connectivity index (χ1v) is 8.53. The second-order valence-electron chi connectivity index (χ2n) is 6.36. The van der Waals surface area contributed by atoms with E-state index in [-0.39, 0.29) is 11.8 Å². The Morgan fingerprint density at radius 3 is 2.36 bits per heavy atom. The molecule has 3 rings (SSSR count). The third-order valence-corrected chi connectivity index (χ3v) is 4.72. The van der Waals surface area contributed by atoms with Gasteiger partial charge in [-0.1, -0.05) is 67.6 Å². The zero-order valence-electron chi connectivity index (χ0n) is 14.3. The molecule has 1 fully saturated rings. The minimum atomic E-state index is -0.604. The van der Waals surface area contributed by atoms with Crippen molar-refractivity contribution in [2.75, 3.05) is 13.1 Å². The van der Waals surface area contributed by atoms with E-state index in [4.69, 9.17) is 5.73 Å². The van der Waals surface area contributed by atoms with Crippen molar-refractivity contribution in [3.63, 3.8) is 0 Å². The summed E-state index contributed by atoms with van der Waals surface area (Å²) in [5.41, 5.74) is 8.05. The van der Waals surface area contributed by atoms with Crippen LogP contribution in [0.3, 0.4) is 0 Å². The van der Waals surface area contributed by atoms with E-state index in [0.29, 0.717) is 13.1 Å². The molecule has 2 aromatic rings. The number of hydrogen-bond donors (Lipinski definition) is 2. The van der Waals surface area contributed by atoms with Gasteiger partial charge >= 0.3 is 0 Å². The first-order chi connectivity index (χ1) is 12.1. The Balaban J connectivity index is 1.84. The molecule has 0 aliphatic carbocycles. The first kappa shape index (κ1) is 17.2. The van der Waals surface area contributed by atoms with Gasteiger partial charge in [-0.25, -0.2) is 0 Å². The Bertz CT molecular complexity index is 733. The van der Waals surface area contributed by atoms with Gasteiger partial charge in [0.2, 0.25) is 11.8 Å². The van der Waals surface area contributed by atoms with E-state index >= 15 is 0 Å². The molecule has 5 heteroatoms. The molecule has 0 aromatic heterocycles. The lowest BCUT2D eigenvalue weighted by molar-refractivity contribution is -0.146. The quantitative estimate of drug-likeness (QED) is 0.896. The summed E-state index contributed by atoms with van der Waals surface area (Å²) in [7, 11) is 0. The van der Waals surface area contributed by atoms with E-state index in [1.165, 1.54) is 0 Å². The maximum atomic E-state index is 13.1. The SMILES string of the molecule is CC(C(=O)N1CCNC(=O)C1c1ccccc1)C(N)c1ccccc1. The molecule has 0 bridgehead atoms. The number of hydrogen-bond acceptors (Lipinski definition) is 3. The number of carbonyl (C=O) groups excluding carboxylic acids is 2. The lowest BCUT2D eigenvalue weighted by atomic mass is 9.92. The van der Waals surface area contributed by atoms with Crippen LogP contribution in [0.15, 0.2) is 60.7 Å². The van der Waals surface area contributed by atoms with Gasteiger partial charge in [0.1, 0.15) is 6.04 Å². The van der Waals surface area contributed by atoms with Crippen LogP contribution in [0.5, 0.6) is 0 Å². The fourth-order valence-electron chi connectivity index (χ4n) is 3.25. The molecule has 1 heterocycles. The van der Waals surface area contributed by atoms with Crippen LogP contribution < -0.4 is 11.1 Å². The maximum Gasteiger partial charge on any atom is 0.247 e. The van der Waals surface area contributed by atoms with Crippen LogP contribution in [-0.2, 0) is 9.59 Å². The molecule has 3 N–H and O–H groups in total. The highest BCUT2D eigenvalue weighted by molar-refractivity contribution is 5.90. The van der Waals surface area contributed by atoms with E-state index in [0.717, 1.165) is 11.1 Å². The zero-order valence-corrected chi connectivity index (χ0v) is 14.3. The van der Waals surface area contributed by atoms with Crippen LogP contribution in [0.4, 0.5) is 0 Å². The van der Waals surface area contributed by atoms with Gasteiger partial charge in [0.05, 0.1) is 5.92 Å². The third kappa shape index (κ3) is 3.56. The summed E-state index contributed by atoms with van der Waals surface area (Å²) in [6, 6.07) is 18.0. The van der Waals surface area contributed by atoms with Crippen molar-refractivity contribution in [2.45, 2.75) is 19.0 Å². The topological polar surface area (TPSA) is 75.4 Å². The normalized spacial score (nSPS) is 19.8. The number of piperazine rings is 1. The monoisotopic (exact) mass is 337 g/mol. The predicted molar refractivity (Wildman–Crippen MR) is 96.4 cm³/mol. The molecule has 1 saturated heterocycles. The number of nitrogens with two attached hydrogens (primary N) is 1. The fraction of sp³-hybridized carbons (Fsp3) is 0.300. The highest BCUT2D eigenvalue weighted by Crippen LogP contribution is 2.28. The number of amides is 2. The number of nitrogens with one attached hydrogen (secondary N) is 1. The van der Waals surface area contributed by atoms with Crippen molar-refractivity contribution >= 4 is 11.8 Å². The van der Waals surface area contributed by atoms with Gasteiger partial charge in [-0.3, -0.25) is 9.59 Å². The zero-order chi connectivity index (χ0) is 17.8. The van der Waals surface area contributed by atoms with E-state index in [9.17, 15) is 9.59 Å². The van der Waals surface area contributed by atoms with Gasteiger partial charge in [-0.2, -0.15) is 0 Å². The van der Waals surface area contributed by atoms with Crippen LogP contribution in [0, 0.1) is 5.92 Å². The molecule has 3 unspecified atom stereocenters. The summed E-state index contributed by atoms with van der Waals surface area (Å²) in [4.78, 5) is 27.2. The molecule has 1 aliphatic rings. The Hall–Kier alpha value is -2.66. The molecule has 130 valence electrons. The summed E-state index contributed by atoms with van der Waals surface area (Å²) >= 11 is 0. The van der Waals surface area contributed by atoms with Crippen LogP contribution in [0.1, 0.15) is 30.1 Å². The van der Waals surface area contributed by atoms with Crippen molar-refractivity contribution in [1.29, 1.82) is 0 Å². The molecule has 1 aliphatic heterocycles. The molecule has 25 heavy (non-hydrogen) atoms. The Kier molecular flexibility index (Phi) is 5.14. The number of carbonyl (C=O) groups is 2. The second-order valence-corrected chi connectivity index (χ2v) is 6.36. The lowest BCUT2D eigenvalue weighted by Crippen LogP contribution is -2.54. The lowest BCUT2D eigenvalue weighted by Gasteiger charge is -2.37. The average molecular weight is 337 g/mol. The molecule has 0 spiro atoms. The standard InChI is InChI=1S/C20H23N3O2/c1-14(17(21)15-8-4-2-5-9-15)20(25)23-13-12-22-19(24)18(23)16-10-6-3-7-11-16/h2-11,14,17-18H,12-13,21H2,1H3,(H,22,24). The summed E-state index contributed by atoms with van der Waals surface area (Å²) in [5, 5.41) is 2.85. The summed E-state index contributed by atoms with van der Waals surface area (Å²) in [6.45, 7) is 2.77. The van der Waals surface area contributed by atoms with Crippen molar-refractivity contribution < 1.29 is 9.59 Å². The van der Waals surface area contributed by atoms with Crippen LogP contribution in [0.2, 0.25) is 0 Å². The number of rotatable bonds is 4. The molecule has 0 saturated carbocycles. The molecule has 2 amide bonds. The Morgan fingerprint density at radius 1 is 1.12 bits per heavy atom. The van der Waals surface area contributed by atoms with Gasteiger partial charge in [0.15, 0.2) is 0 Å². The van der Waals surface area contributed by atoms with Crippen LogP contribution in [0.25, 0.3) is 0 Å². The number of nitrogens with zero attached hydrogens (tertiary/aromatic N) is 1. The Morgan fingerprint density at radius 2 is 1.72 bits per heavy atom. The highest BCUT2D eigenvalue weighted by atomic mass is 16.2. The maximum absolute atomic E-state index is 13.1. The van der Waals surface area contributed by atoms with Crippen molar-refractivity contribution in [3.05, 3.63) is 71.8 Å². The summed E-state index contributed by atoms with van der Waals surface area (Å²) < 4.78 is 0. The van der Waals surface area contributed by atoms with Gasteiger partial charge in [-0.15, -0.1) is 0 Å². The van der Waals surface area contributed by atoms with Gasteiger partial charge < -0.3 is 16.0 Å². The van der Waals surface area contributed by atoms with E-state index in [1.807, 2.05) is 67.6 Å². The predicted octanol–water partition coefficient (Wildman–Crippen LogP) is 2.02. The van der Waals surface area contributed by atoms with Crippen LogP contribution >= 0.6 is 0 Å². The van der Waals surface area contributed by atoms with Gasteiger partial charge in [0.25, 0.3) is 0 Å². The largest absolute Gasteiger partial charge is 0.352 e. The van der Waals surface area contributed by atoms with E-state index in [2.05, 4.69) is 5.32 Å². The summed E-state index contributed by atoms with van der Waals surface area (Å²) in [5.74, 6) is -0.661. The first-order valence-electron chi connectivity index (χ1n) is 8.53. The minimum absolute atomic E-state index is 0.0972. The fourth-order valence-corrected chi connectivity index (χ4v) is 3.25. The van der Waals surface area contributed by atoms with E-state index in [1.54, 1.807) is 4.90 Å². The molecule has 2 aromatic carbocycles. The van der Waals surface area contributed by atoms with Crippen molar-refractivity contribution in [3.8, 4) is 0 Å². The molecular formula is C20H23N3O2. The van der Waals surface area contributed by atoms with Crippen LogP contribution in [-0.4, -0.2) is 29.8 Å². The highest BCUT2D eigenvalue weighted by Gasteiger charge is 2.37. The third-order valence-electron chi connectivity index (χ3n) is 4.72. The second kappa shape index (κ2) is 7.49. The van der Waals surface area contributed by atoms with Gasteiger partial charge in [-0.05, 0) is 11.1 Å². The smallest absolute Gasteiger partial charge is 0.247 e. The molecule has 3 atom stereocenters. The van der Waals surface area contributed by atoms with E-state index < -0.39 is 18.0 Å². The average Bonchev–Trinajstić information content (AvgIpc) is 2.67. The van der Waals surface area contributed by atoms with Crippen molar-refractivity contribution in [1.82, 2.24) is 10.2 Å². The van der Waals surface area contributed by atoms with Crippen molar-refractivity contribution in [2.24, 2.45) is 11.7 Å². The molecular weight excluding hydrogens is 314 g/mol. The Labute approximate surface area is 147 Å². The molecule has 5 nitrogen and oxygen atoms in total. The molecule has 0 radical (unpaired) electrons. The number of benzene rings is 2. The minimum Gasteiger partial charge on any atom is -0.352 e.